The van der Waals surface area contributed by atoms with E-state index in [2.05, 4.69) is 21.9 Å². The van der Waals surface area contributed by atoms with Crippen molar-refractivity contribution >= 4 is 33.2 Å². The molecule has 2 aromatic carbocycles. The molecule has 1 N–H and O–H groups in total. The third-order valence-corrected chi connectivity index (χ3v) is 10.7. The van der Waals surface area contributed by atoms with E-state index in [0.717, 1.165) is 54.9 Å². The number of carboxylic acid groups (broad SMARTS) is 1. The number of para-hydroxylation sites is 1. The Morgan fingerprint density at radius 2 is 1.89 bits per heavy atom. The molecular weight excluding hydrogens is 600 g/mol. The number of sulfone groups is 1. The van der Waals surface area contributed by atoms with Crippen LogP contribution in [-0.2, 0) is 21.8 Å². The first-order valence-corrected chi connectivity index (χ1v) is 17.5. The molecule has 2 fully saturated rings. The molecule has 2 saturated heterocycles. The quantitative estimate of drug-likeness (QED) is 0.352. The topological polar surface area (TPSA) is 103 Å². The van der Waals surface area contributed by atoms with Gasteiger partial charge in [0.05, 0.1) is 28.6 Å². The smallest absolute Gasteiger partial charge is 0.407 e. The molecule has 0 unspecified atom stereocenters. The number of fused-ring (bicyclic) bond motifs is 2. The number of halogens is 1. The van der Waals surface area contributed by atoms with Gasteiger partial charge in [-0.05, 0) is 74.6 Å². The zero-order valence-electron chi connectivity index (χ0n) is 25.2. The molecule has 3 aliphatic heterocycles. The number of piperidine rings is 1. The molecule has 0 radical (unpaired) electrons. The lowest BCUT2D eigenvalue weighted by Crippen LogP contribution is -2.54. The lowest BCUT2D eigenvalue weighted by molar-refractivity contribution is 0.101. The van der Waals surface area contributed by atoms with E-state index in [9.17, 15) is 18.3 Å². The van der Waals surface area contributed by atoms with Crippen molar-refractivity contribution < 1.29 is 23.1 Å². The Balaban J connectivity index is 1.34. The average Bonchev–Trinajstić information content (AvgIpc) is 3.46. The second kappa shape index (κ2) is 12.2. The highest BCUT2D eigenvalue weighted by Gasteiger charge is 2.44. The van der Waals surface area contributed by atoms with Gasteiger partial charge in [-0.25, -0.2) is 13.2 Å². The Morgan fingerprint density at radius 1 is 1.11 bits per heavy atom. The van der Waals surface area contributed by atoms with E-state index >= 15 is 0 Å². The molecule has 0 aliphatic carbocycles. The van der Waals surface area contributed by atoms with Gasteiger partial charge < -0.3 is 19.6 Å². The van der Waals surface area contributed by atoms with Gasteiger partial charge in [-0.3, -0.25) is 9.88 Å². The molecule has 0 bridgehead atoms. The fourth-order valence-electron chi connectivity index (χ4n) is 7.35. The Morgan fingerprint density at radius 3 is 2.61 bits per heavy atom. The van der Waals surface area contributed by atoms with Crippen LogP contribution in [0.25, 0.3) is 11.3 Å². The van der Waals surface area contributed by atoms with E-state index in [0.29, 0.717) is 50.0 Å². The number of rotatable bonds is 7. The zero-order valence-corrected chi connectivity index (χ0v) is 26.8. The minimum atomic E-state index is -3.47. The van der Waals surface area contributed by atoms with Gasteiger partial charge in [-0.2, -0.15) is 0 Å². The van der Waals surface area contributed by atoms with Gasteiger partial charge in [0.1, 0.15) is 5.75 Å². The largest absolute Gasteiger partial charge is 0.493 e. The van der Waals surface area contributed by atoms with E-state index < -0.39 is 15.9 Å². The molecule has 234 valence electrons. The molecule has 1 atom stereocenters. The number of nitrogens with zero attached hydrogens (tertiary/aromatic N) is 4. The van der Waals surface area contributed by atoms with Crippen molar-refractivity contribution in [2.24, 2.45) is 0 Å². The number of benzene rings is 2. The Hall–Kier alpha value is -3.34. The van der Waals surface area contributed by atoms with Crippen molar-refractivity contribution in [3.8, 4) is 17.0 Å². The maximum absolute atomic E-state index is 12.6. The molecule has 4 heterocycles. The summed E-state index contributed by atoms with van der Waals surface area (Å²) in [5.41, 5.74) is 4.53. The normalized spacial score (nSPS) is 20.1. The van der Waals surface area contributed by atoms with E-state index in [1.54, 1.807) is 11.0 Å². The van der Waals surface area contributed by atoms with Crippen LogP contribution in [0.4, 0.5) is 10.5 Å². The number of anilines is 1. The number of hydrogen-bond acceptors (Lipinski definition) is 7. The van der Waals surface area contributed by atoms with Gasteiger partial charge in [-0.15, -0.1) is 0 Å². The first-order chi connectivity index (χ1) is 21.1. The average molecular weight is 639 g/mol. The Labute approximate surface area is 264 Å². The Bertz CT molecular complexity index is 1660. The number of pyridine rings is 1. The standard InChI is InChI=1S/C33H39ClN4O5S/c1-3-43-30-9-5-4-8-25(30)27-12-11-26-28(35-27)21-36(20-24-7-6-16-38(24)32(39)40)22-33(26)14-17-37(18-15-33)29-13-10-23(34)19-31(29)44(2,41)42/h4-5,8-13,19,24H,3,6-7,14-18,20-22H2,1-2H3,(H,39,40)/t24-/m1/s1. The van der Waals surface area contributed by atoms with Crippen LogP contribution in [-0.4, -0.2) is 86.0 Å². The molecule has 0 saturated carbocycles. The number of aromatic nitrogens is 1. The minimum absolute atomic E-state index is 0.0422. The highest BCUT2D eigenvalue weighted by atomic mass is 35.5. The summed E-state index contributed by atoms with van der Waals surface area (Å²) in [5.74, 6) is 0.797. The number of ether oxygens (including phenoxy) is 1. The molecule has 1 amide bonds. The molecule has 9 nitrogen and oxygen atoms in total. The minimum Gasteiger partial charge on any atom is -0.493 e. The summed E-state index contributed by atoms with van der Waals surface area (Å²) in [4.78, 5) is 23.6. The van der Waals surface area contributed by atoms with Gasteiger partial charge in [0.25, 0.3) is 0 Å². The zero-order chi connectivity index (χ0) is 31.1. The monoisotopic (exact) mass is 638 g/mol. The first-order valence-electron chi connectivity index (χ1n) is 15.3. The van der Waals surface area contributed by atoms with Crippen LogP contribution in [0.1, 0.15) is 43.9 Å². The Kier molecular flexibility index (Phi) is 8.52. The molecule has 3 aliphatic rings. The molecule has 11 heteroatoms. The van der Waals surface area contributed by atoms with Crippen LogP contribution >= 0.6 is 11.6 Å². The molecule has 6 rings (SSSR count). The van der Waals surface area contributed by atoms with Gasteiger partial charge in [0, 0.05) is 67.6 Å². The number of amides is 1. The predicted octanol–water partition coefficient (Wildman–Crippen LogP) is 5.70. The maximum Gasteiger partial charge on any atom is 0.407 e. The van der Waals surface area contributed by atoms with Crippen molar-refractivity contribution in [1.82, 2.24) is 14.8 Å². The van der Waals surface area contributed by atoms with Gasteiger partial charge in [0.2, 0.25) is 0 Å². The van der Waals surface area contributed by atoms with E-state index in [1.807, 2.05) is 37.3 Å². The maximum atomic E-state index is 12.6. The molecule has 44 heavy (non-hydrogen) atoms. The number of carbonyl (C=O) groups is 1. The molecule has 1 spiro atoms. The van der Waals surface area contributed by atoms with Crippen molar-refractivity contribution in [3.05, 3.63) is 70.9 Å². The van der Waals surface area contributed by atoms with Crippen LogP contribution in [0.5, 0.6) is 5.75 Å². The predicted molar refractivity (Wildman–Crippen MR) is 172 cm³/mol. The summed E-state index contributed by atoms with van der Waals surface area (Å²) in [6, 6.07) is 17.3. The molecular formula is C33H39ClN4O5S. The lowest BCUT2D eigenvalue weighted by Gasteiger charge is -2.49. The second-order valence-electron chi connectivity index (χ2n) is 12.2. The molecule has 1 aromatic heterocycles. The van der Waals surface area contributed by atoms with E-state index in [-0.39, 0.29) is 16.4 Å². The van der Waals surface area contributed by atoms with E-state index in [1.165, 1.54) is 17.9 Å². The van der Waals surface area contributed by atoms with Crippen molar-refractivity contribution in [1.29, 1.82) is 0 Å². The first kappa shape index (κ1) is 30.7. The summed E-state index contributed by atoms with van der Waals surface area (Å²) in [5, 5.41) is 10.2. The van der Waals surface area contributed by atoms with Crippen LogP contribution in [0.2, 0.25) is 5.02 Å². The highest BCUT2D eigenvalue weighted by Crippen LogP contribution is 2.44. The number of likely N-dealkylation sites (tertiary alicyclic amines) is 1. The summed E-state index contributed by atoms with van der Waals surface area (Å²) >= 11 is 6.19. The fourth-order valence-corrected chi connectivity index (χ4v) is 8.50. The third kappa shape index (κ3) is 5.99. The summed E-state index contributed by atoms with van der Waals surface area (Å²) < 4.78 is 31.2. The van der Waals surface area contributed by atoms with Crippen molar-refractivity contribution in [2.45, 2.75) is 55.5 Å². The van der Waals surface area contributed by atoms with E-state index in [4.69, 9.17) is 21.3 Å². The van der Waals surface area contributed by atoms with Crippen molar-refractivity contribution in [3.63, 3.8) is 0 Å². The number of hydrogen-bond donors (Lipinski definition) is 1. The highest BCUT2D eigenvalue weighted by molar-refractivity contribution is 7.90. The van der Waals surface area contributed by atoms with Gasteiger partial charge in [-0.1, -0.05) is 29.8 Å². The van der Waals surface area contributed by atoms with Crippen LogP contribution in [0.3, 0.4) is 0 Å². The van der Waals surface area contributed by atoms with Crippen LogP contribution in [0.15, 0.2) is 59.5 Å². The second-order valence-corrected chi connectivity index (χ2v) is 14.6. The summed E-state index contributed by atoms with van der Waals surface area (Å²) in [6.07, 6.45) is 3.72. The van der Waals surface area contributed by atoms with Crippen LogP contribution < -0.4 is 9.64 Å². The summed E-state index contributed by atoms with van der Waals surface area (Å²) in [6.45, 7) is 6.56. The van der Waals surface area contributed by atoms with Crippen LogP contribution in [0, 0.1) is 0 Å². The van der Waals surface area contributed by atoms with Gasteiger partial charge >= 0.3 is 6.09 Å². The summed E-state index contributed by atoms with van der Waals surface area (Å²) in [7, 11) is -3.47. The van der Waals surface area contributed by atoms with Crippen molar-refractivity contribution in [2.75, 3.05) is 50.5 Å². The molecule has 3 aromatic rings. The fraction of sp³-hybridized carbons (Fsp3) is 0.455. The van der Waals surface area contributed by atoms with Gasteiger partial charge in [0.15, 0.2) is 9.84 Å². The SMILES string of the molecule is CCOc1ccccc1-c1ccc2c(n1)CN(C[C@H]1CCCN1C(=O)O)CC21CCN(c2ccc(Cl)cc2S(C)(=O)=O)CC1. The lowest BCUT2D eigenvalue weighted by atomic mass is 9.69. The third-order valence-electron chi connectivity index (χ3n) is 9.38.